The number of aromatic nitrogens is 2. The zero-order chi connectivity index (χ0) is 14.8. The molecule has 3 rings (SSSR count). The van der Waals surface area contributed by atoms with Crippen LogP contribution in [0.5, 0.6) is 0 Å². The van der Waals surface area contributed by atoms with E-state index in [1.54, 1.807) is 18.3 Å². The monoisotopic (exact) mass is 304 g/mol. The van der Waals surface area contributed by atoms with E-state index in [4.69, 9.17) is 5.73 Å². The van der Waals surface area contributed by atoms with E-state index in [1.807, 2.05) is 21.8 Å². The SMILES string of the molecule is NC(=O)c1ccc(C(=O)N2CCCC2Cn2cccn2)s1. The zero-order valence-corrected chi connectivity index (χ0v) is 12.3. The molecule has 2 amide bonds. The van der Waals surface area contributed by atoms with Gasteiger partial charge in [0.15, 0.2) is 0 Å². The molecule has 0 saturated carbocycles. The minimum atomic E-state index is -0.492. The van der Waals surface area contributed by atoms with Crippen LogP contribution in [-0.2, 0) is 6.54 Å². The van der Waals surface area contributed by atoms with E-state index in [0.717, 1.165) is 30.7 Å². The van der Waals surface area contributed by atoms with Gasteiger partial charge in [0.2, 0.25) is 0 Å². The Bertz CT molecular complexity index is 650. The van der Waals surface area contributed by atoms with Crippen LogP contribution in [0.3, 0.4) is 0 Å². The van der Waals surface area contributed by atoms with Gasteiger partial charge in [0.1, 0.15) is 0 Å². The summed E-state index contributed by atoms with van der Waals surface area (Å²) in [5.41, 5.74) is 5.23. The van der Waals surface area contributed by atoms with Crippen LogP contribution in [-0.4, -0.2) is 39.1 Å². The van der Waals surface area contributed by atoms with Crippen LogP contribution in [0, 0.1) is 0 Å². The van der Waals surface area contributed by atoms with Gasteiger partial charge in [-0.05, 0) is 31.0 Å². The minimum Gasteiger partial charge on any atom is -0.365 e. The number of amides is 2. The maximum atomic E-state index is 12.6. The number of carbonyl (C=O) groups excluding carboxylic acids is 2. The number of primary amides is 1. The van der Waals surface area contributed by atoms with Crippen molar-refractivity contribution < 1.29 is 9.59 Å². The normalized spacial score (nSPS) is 18.1. The lowest BCUT2D eigenvalue weighted by molar-refractivity contribution is 0.0726. The third kappa shape index (κ3) is 2.82. The smallest absolute Gasteiger partial charge is 0.264 e. The predicted octanol–water partition coefficient (Wildman–Crippen LogP) is 1.35. The molecule has 7 heteroatoms. The van der Waals surface area contributed by atoms with Gasteiger partial charge in [-0.3, -0.25) is 14.3 Å². The summed E-state index contributed by atoms with van der Waals surface area (Å²) in [5.74, 6) is -0.518. The van der Waals surface area contributed by atoms with Crippen LogP contribution in [0.1, 0.15) is 32.2 Å². The topological polar surface area (TPSA) is 81.2 Å². The van der Waals surface area contributed by atoms with Crippen molar-refractivity contribution in [3.05, 3.63) is 40.3 Å². The molecular formula is C14H16N4O2S. The Morgan fingerprint density at radius 2 is 2.19 bits per heavy atom. The highest BCUT2D eigenvalue weighted by Gasteiger charge is 2.30. The van der Waals surface area contributed by atoms with E-state index in [-0.39, 0.29) is 11.9 Å². The summed E-state index contributed by atoms with van der Waals surface area (Å²) in [6.45, 7) is 1.45. The van der Waals surface area contributed by atoms with E-state index in [2.05, 4.69) is 5.10 Å². The number of hydrogen-bond donors (Lipinski definition) is 1. The summed E-state index contributed by atoms with van der Waals surface area (Å²) < 4.78 is 1.85. The molecule has 0 aliphatic carbocycles. The maximum Gasteiger partial charge on any atom is 0.264 e. The lowest BCUT2D eigenvalue weighted by atomic mass is 10.2. The molecule has 0 radical (unpaired) electrons. The quantitative estimate of drug-likeness (QED) is 0.925. The molecule has 2 N–H and O–H groups in total. The van der Waals surface area contributed by atoms with Crippen LogP contribution in [0.4, 0.5) is 0 Å². The molecule has 1 aliphatic heterocycles. The number of nitrogens with zero attached hydrogens (tertiary/aromatic N) is 3. The predicted molar refractivity (Wildman–Crippen MR) is 79.1 cm³/mol. The molecule has 2 aromatic heterocycles. The molecule has 21 heavy (non-hydrogen) atoms. The highest BCUT2D eigenvalue weighted by molar-refractivity contribution is 7.15. The number of carbonyl (C=O) groups is 2. The molecule has 110 valence electrons. The number of hydrogen-bond acceptors (Lipinski definition) is 4. The average Bonchev–Trinajstić information content (AvgIpc) is 3.20. The molecule has 1 unspecified atom stereocenters. The lowest BCUT2D eigenvalue weighted by Gasteiger charge is -2.24. The van der Waals surface area contributed by atoms with Gasteiger partial charge < -0.3 is 10.6 Å². The zero-order valence-electron chi connectivity index (χ0n) is 11.4. The lowest BCUT2D eigenvalue weighted by Crippen LogP contribution is -2.37. The molecule has 0 aromatic carbocycles. The van der Waals surface area contributed by atoms with Crippen molar-refractivity contribution in [3.8, 4) is 0 Å². The molecule has 1 saturated heterocycles. The van der Waals surface area contributed by atoms with Gasteiger partial charge in [-0.1, -0.05) is 0 Å². The Kier molecular flexibility index (Phi) is 3.74. The minimum absolute atomic E-state index is 0.0258. The summed E-state index contributed by atoms with van der Waals surface area (Å²) in [4.78, 5) is 26.6. The highest BCUT2D eigenvalue weighted by atomic mass is 32.1. The second-order valence-electron chi connectivity index (χ2n) is 5.05. The number of nitrogens with two attached hydrogens (primary N) is 1. The second kappa shape index (κ2) is 5.69. The van der Waals surface area contributed by atoms with E-state index >= 15 is 0 Å². The number of likely N-dealkylation sites (tertiary alicyclic amines) is 1. The summed E-state index contributed by atoms with van der Waals surface area (Å²) in [6, 6.07) is 5.31. The van der Waals surface area contributed by atoms with Crippen molar-refractivity contribution >= 4 is 23.2 Å². The standard InChI is InChI=1S/C14H16N4O2S/c15-13(19)11-4-5-12(21-11)14(20)18-8-1-3-10(18)9-17-7-2-6-16-17/h2,4-7,10H,1,3,8-9H2,(H2,15,19). The summed E-state index contributed by atoms with van der Waals surface area (Å²) in [7, 11) is 0. The molecular weight excluding hydrogens is 288 g/mol. The van der Waals surface area contributed by atoms with Crippen molar-refractivity contribution in [2.75, 3.05) is 6.54 Å². The van der Waals surface area contributed by atoms with Gasteiger partial charge >= 0.3 is 0 Å². The molecule has 2 aromatic rings. The first-order chi connectivity index (χ1) is 10.1. The van der Waals surface area contributed by atoms with E-state index in [1.165, 1.54) is 0 Å². The fraction of sp³-hybridized carbons (Fsp3) is 0.357. The van der Waals surface area contributed by atoms with Crippen LogP contribution < -0.4 is 5.73 Å². The molecule has 1 fully saturated rings. The third-order valence-electron chi connectivity index (χ3n) is 3.65. The first kappa shape index (κ1) is 13.8. The maximum absolute atomic E-state index is 12.6. The number of thiophene rings is 1. The van der Waals surface area contributed by atoms with Gasteiger partial charge in [-0.2, -0.15) is 5.10 Å². The molecule has 1 atom stereocenters. The molecule has 3 heterocycles. The van der Waals surface area contributed by atoms with Gasteiger partial charge in [-0.15, -0.1) is 11.3 Å². The largest absolute Gasteiger partial charge is 0.365 e. The van der Waals surface area contributed by atoms with Crippen molar-refractivity contribution in [3.63, 3.8) is 0 Å². The fourth-order valence-corrected chi connectivity index (χ4v) is 3.46. The number of rotatable bonds is 4. The Hall–Kier alpha value is -2.15. The van der Waals surface area contributed by atoms with E-state index in [9.17, 15) is 9.59 Å². The van der Waals surface area contributed by atoms with Crippen LogP contribution in [0.15, 0.2) is 30.6 Å². The molecule has 0 spiro atoms. The van der Waals surface area contributed by atoms with Crippen molar-refractivity contribution in [1.82, 2.24) is 14.7 Å². The Morgan fingerprint density at radius 3 is 2.86 bits per heavy atom. The fourth-order valence-electron chi connectivity index (χ4n) is 2.64. The highest BCUT2D eigenvalue weighted by Crippen LogP contribution is 2.24. The molecule has 6 nitrogen and oxygen atoms in total. The van der Waals surface area contributed by atoms with E-state index in [0.29, 0.717) is 16.3 Å². The van der Waals surface area contributed by atoms with Crippen LogP contribution >= 0.6 is 11.3 Å². The first-order valence-corrected chi connectivity index (χ1v) is 7.65. The van der Waals surface area contributed by atoms with Crippen LogP contribution in [0.2, 0.25) is 0 Å². The second-order valence-corrected chi connectivity index (χ2v) is 6.13. The summed E-state index contributed by atoms with van der Waals surface area (Å²) in [6.07, 6.45) is 5.60. The van der Waals surface area contributed by atoms with Crippen LogP contribution in [0.25, 0.3) is 0 Å². The van der Waals surface area contributed by atoms with Crippen molar-refractivity contribution in [1.29, 1.82) is 0 Å². The molecule has 0 bridgehead atoms. The Morgan fingerprint density at radius 1 is 1.38 bits per heavy atom. The van der Waals surface area contributed by atoms with Gasteiger partial charge in [-0.25, -0.2) is 0 Å². The Balaban J connectivity index is 1.74. The van der Waals surface area contributed by atoms with Crippen molar-refractivity contribution in [2.45, 2.75) is 25.4 Å². The summed E-state index contributed by atoms with van der Waals surface area (Å²) >= 11 is 1.16. The Labute approximate surface area is 126 Å². The molecule has 1 aliphatic rings. The first-order valence-electron chi connectivity index (χ1n) is 6.83. The average molecular weight is 304 g/mol. The summed E-state index contributed by atoms with van der Waals surface area (Å²) in [5, 5.41) is 4.19. The van der Waals surface area contributed by atoms with Gasteiger partial charge in [0, 0.05) is 18.9 Å². The van der Waals surface area contributed by atoms with E-state index < -0.39 is 5.91 Å². The van der Waals surface area contributed by atoms with Gasteiger partial charge in [0.25, 0.3) is 11.8 Å². The third-order valence-corrected chi connectivity index (χ3v) is 4.74. The van der Waals surface area contributed by atoms with Crippen molar-refractivity contribution in [2.24, 2.45) is 5.73 Å². The van der Waals surface area contributed by atoms with Gasteiger partial charge in [0.05, 0.1) is 22.3 Å².